The molecular weight excluding hydrogens is 354 g/mol. The van der Waals surface area contributed by atoms with Gasteiger partial charge < -0.3 is 9.47 Å². The monoisotopic (exact) mass is 377 g/mol. The van der Waals surface area contributed by atoms with Crippen LogP contribution in [0.1, 0.15) is 30.1 Å². The van der Waals surface area contributed by atoms with Crippen molar-refractivity contribution in [3.05, 3.63) is 60.2 Å². The van der Waals surface area contributed by atoms with Gasteiger partial charge in [-0.15, -0.1) is 0 Å². The summed E-state index contributed by atoms with van der Waals surface area (Å²) in [7, 11) is -3.40. The predicted octanol–water partition coefficient (Wildman–Crippen LogP) is 3.46. The number of anilines is 1. The molecule has 0 bridgehead atoms. The Morgan fingerprint density at radius 1 is 1.04 bits per heavy atom. The van der Waals surface area contributed by atoms with Gasteiger partial charge in [0.2, 0.25) is 10.0 Å². The van der Waals surface area contributed by atoms with Gasteiger partial charge in [0, 0.05) is 12.1 Å². The van der Waals surface area contributed by atoms with Gasteiger partial charge in [0.25, 0.3) is 0 Å². The van der Waals surface area contributed by atoms with Gasteiger partial charge in [0.1, 0.15) is 5.75 Å². The smallest absolute Gasteiger partial charge is 0.338 e. The summed E-state index contributed by atoms with van der Waals surface area (Å²) in [6, 6.07) is 15.7. The molecule has 0 aliphatic rings. The molecule has 2 aromatic carbocycles. The lowest BCUT2D eigenvalue weighted by molar-refractivity contribution is 0.0486. The van der Waals surface area contributed by atoms with Crippen molar-refractivity contribution in [2.24, 2.45) is 0 Å². The number of hydrogen-bond acceptors (Lipinski definition) is 5. The molecule has 1 N–H and O–H groups in total. The second-order valence-electron chi connectivity index (χ2n) is 5.65. The molecule has 0 aliphatic carbocycles. The molecule has 2 rings (SSSR count). The first-order valence-corrected chi connectivity index (χ1v) is 10.1. The lowest BCUT2D eigenvalue weighted by Gasteiger charge is -2.09. The summed E-state index contributed by atoms with van der Waals surface area (Å²) in [6.07, 6.45) is 1.07. The number of esters is 1. The van der Waals surface area contributed by atoms with Crippen LogP contribution in [-0.4, -0.2) is 33.4 Å². The van der Waals surface area contributed by atoms with Crippen LogP contribution in [-0.2, 0) is 14.8 Å². The van der Waals surface area contributed by atoms with E-state index >= 15 is 0 Å². The summed E-state index contributed by atoms with van der Waals surface area (Å²) < 4.78 is 36.8. The minimum Gasteiger partial charge on any atom is -0.493 e. The van der Waals surface area contributed by atoms with E-state index in [2.05, 4.69) is 4.72 Å². The first-order chi connectivity index (χ1) is 12.5. The van der Waals surface area contributed by atoms with E-state index in [1.54, 1.807) is 25.1 Å². The molecule has 140 valence electrons. The van der Waals surface area contributed by atoms with Crippen molar-refractivity contribution in [2.75, 3.05) is 23.7 Å². The highest BCUT2D eigenvalue weighted by Gasteiger charge is 2.12. The van der Waals surface area contributed by atoms with Crippen LogP contribution < -0.4 is 9.46 Å². The van der Waals surface area contributed by atoms with Gasteiger partial charge in [0.15, 0.2) is 0 Å². The van der Waals surface area contributed by atoms with Crippen molar-refractivity contribution in [1.82, 2.24) is 0 Å². The summed E-state index contributed by atoms with van der Waals surface area (Å²) in [5, 5.41) is 0. The average Bonchev–Trinajstić information content (AvgIpc) is 2.62. The molecule has 2 aromatic rings. The van der Waals surface area contributed by atoms with E-state index < -0.39 is 16.0 Å². The Balaban J connectivity index is 1.79. The van der Waals surface area contributed by atoms with E-state index in [0.717, 1.165) is 5.75 Å². The van der Waals surface area contributed by atoms with Crippen molar-refractivity contribution in [3.8, 4) is 5.75 Å². The topological polar surface area (TPSA) is 81.7 Å². The Hall–Kier alpha value is -2.54. The number of carbonyl (C=O) groups excluding carboxylic acids is 1. The SMILES string of the molecule is CCCS(=O)(=O)Nc1cccc(C(=O)OCCCOc2ccccc2)c1. The van der Waals surface area contributed by atoms with E-state index in [1.165, 1.54) is 6.07 Å². The van der Waals surface area contributed by atoms with Crippen molar-refractivity contribution in [3.63, 3.8) is 0 Å². The van der Waals surface area contributed by atoms with Gasteiger partial charge in [-0.25, -0.2) is 13.2 Å². The first-order valence-electron chi connectivity index (χ1n) is 8.46. The molecule has 0 fully saturated rings. The lowest BCUT2D eigenvalue weighted by atomic mass is 10.2. The van der Waals surface area contributed by atoms with Crippen molar-refractivity contribution >= 4 is 21.7 Å². The maximum Gasteiger partial charge on any atom is 0.338 e. The second kappa shape index (κ2) is 9.82. The molecule has 6 nitrogen and oxygen atoms in total. The molecule has 0 amide bonds. The van der Waals surface area contributed by atoms with Crippen LogP contribution in [0.4, 0.5) is 5.69 Å². The minimum atomic E-state index is -3.40. The summed E-state index contributed by atoms with van der Waals surface area (Å²) in [6.45, 7) is 2.44. The molecule has 26 heavy (non-hydrogen) atoms. The molecule has 0 saturated heterocycles. The molecule has 0 atom stereocenters. The molecule has 0 saturated carbocycles. The lowest BCUT2D eigenvalue weighted by Crippen LogP contribution is -2.16. The largest absolute Gasteiger partial charge is 0.493 e. The fraction of sp³-hybridized carbons (Fsp3) is 0.316. The van der Waals surface area contributed by atoms with E-state index in [-0.39, 0.29) is 12.4 Å². The maximum atomic E-state index is 12.1. The van der Waals surface area contributed by atoms with Crippen molar-refractivity contribution in [2.45, 2.75) is 19.8 Å². The molecule has 0 aromatic heterocycles. The fourth-order valence-corrected chi connectivity index (χ4v) is 3.35. The maximum absolute atomic E-state index is 12.1. The second-order valence-corrected chi connectivity index (χ2v) is 7.49. The number of benzene rings is 2. The third kappa shape index (κ3) is 6.76. The van der Waals surface area contributed by atoms with E-state index in [4.69, 9.17) is 9.47 Å². The number of sulfonamides is 1. The number of para-hydroxylation sites is 1. The number of rotatable bonds is 10. The fourth-order valence-electron chi connectivity index (χ4n) is 2.22. The molecular formula is C19H23NO5S. The highest BCUT2D eigenvalue weighted by molar-refractivity contribution is 7.92. The van der Waals surface area contributed by atoms with Crippen molar-refractivity contribution in [1.29, 1.82) is 0 Å². The summed E-state index contributed by atoms with van der Waals surface area (Å²) in [5.41, 5.74) is 0.644. The van der Waals surface area contributed by atoms with Gasteiger partial charge in [-0.2, -0.15) is 0 Å². The van der Waals surface area contributed by atoms with Gasteiger partial charge in [-0.1, -0.05) is 31.2 Å². The quantitative estimate of drug-likeness (QED) is 0.506. The number of hydrogen-bond donors (Lipinski definition) is 1. The van der Waals surface area contributed by atoms with Gasteiger partial charge in [0.05, 0.1) is 24.5 Å². The van der Waals surface area contributed by atoms with Crippen LogP contribution in [0.2, 0.25) is 0 Å². The number of carbonyl (C=O) groups is 1. The van der Waals surface area contributed by atoms with E-state index in [9.17, 15) is 13.2 Å². The Labute approximate surface area is 154 Å². The zero-order valence-corrected chi connectivity index (χ0v) is 15.5. The van der Waals surface area contributed by atoms with Crippen molar-refractivity contribution < 1.29 is 22.7 Å². The predicted molar refractivity (Wildman–Crippen MR) is 101 cm³/mol. The minimum absolute atomic E-state index is 0.0308. The summed E-state index contributed by atoms with van der Waals surface area (Å²) >= 11 is 0. The van der Waals surface area contributed by atoms with E-state index in [0.29, 0.717) is 30.7 Å². The first kappa shape index (κ1) is 19.8. The van der Waals surface area contributed by atoms with Crippen LogP contribution in [0.5, 0.6) is 5.75 Å². The van der Waals surface area contributed by atoms with Gasteiger partial charge in [-0.3, -0.25) is 4.72 Å². The molecule has 0 unspecified atom stereocenters. The van der Waals surface area contributed by atoms with Crippen LogP contribution in [0.3, 0.4) is 0 Å². The van der Waals surface area contributed by atoms with E-state index in [1.807, 2.05) is 30.3 Å². The zero-order chi connectivity index (χ0) is 18.8. The third-order valence-electron chi connectivity index (χ3n) is 3.38. The molecule has 7 heteroatoms. The van der Waals surface area contributed by atoms with Gasteiger partial charge in [-0.05, 0) is 36.8 Å². The van der Waals surface area contributed by atoms with Crippen LogP contribution >= 0.6 is 0 Å². The highest BCUT2D eigenvalue weighted by Crippen LogP contribution is 2.14. The zero-order valence-electron chi connectivity index (χ0n) is 14.7. The van der Waals surface area contributed by atoms with Gasteiger partial charge >= 0.3 is 5.97 Å². The van der Waals surface area contributed by atoms with Crippen LogP contribution in [0, 0.1) is 0 Å². The number of nitrogens with one attached hydrogen (secondary N) is 1. The normalized spacial score (nSPS) is 11.0. The molecule has 0 radical (unpaired) electrons. The standard InChI is InChI=1S/C19H23NO5S/c1-2-14-26(22,23)20-17-9-6-8-16(15-17)19(21)25-13-7-12-24-18-10-4-3-5-11-18/h3-6,8-11,15,20H,2,7,12-14H2,1H3. The Morgan fingerprint density at radius 2 is 1.81 bits per heavy atom. The molecule has 0 spiro atoms. The van der Waals surface area contributed by atoms with Crippen LogP contribution in [0.15, 0.2) is 54.6 Å². The molecule has 0 aliphatic heterocycles. The highest BCUT2D eigenvalue weighted by atomic mass is 32.2. The summed E-state index contributed by atoms with van der Waals surface area (Å²) in [5.74, 6) is 0.301. The number of ether oxygens (including phenoxy) is 2. The Morgan fingerprint density at radius 3 is 2.54 bits per heavy atom. The van der Waals surface area contributed by atoms with Crippen LogP contribution in [0.25, 0.3) is 0 Å². The average molecular weight is 377 g/mol. The Bertz CT molecular complexity index is 806. The molecule has 0 heterocycles. The third-order valence-corrected chi connectivity index (χ3v) is 4.87. The Kier molecular flexibility index (Phi) is 7.47. The summed E-state index contributed by atoms with van der Waals surface area (Å²) in [4.78, 5) is 12.1.